The molecular weight excluding hydrogens is 489 g/mol. The number of ether oxygens (including phenoxy) is 2. The number of halogens is 4. The fraction of sp³-hybridized carbons (Fsp3) is 0.0833. The largest absolute Gasteiger partial charge is 0.452 e. The van der Waals surface area contributed by atoms with Crippen LogP contribution in [0.15, 0.2) is 58.8 Å². The number of Topliss-reactive ketones (excluding diaryl/α,β-unsaturated/α-hetero) is 1. The van der Waals surface area contributed by atoms with E-state index in [-0.39, 0.29) is 34.8 Å². The third-order valence-corrected chi connectivity index (χ3v) is 6.09. The van der Waals surface area contributed by atoms with Gasteiger partial charge < -0.3 is 9.47 Å². The second-order valence-corrected chi connectivity index (χ2v) is 8.20. The highest BCUT2D eigenvalue weighted by Crippen LogP contribution is 2.50. The fourth-order valence-electron chi connectivity index (χ4n) is 3.94. The Morgan fingerprint density at radius 1 is 0.969 bits per heavy atom. The van der Waals surface area contributed by atoms with Gasteiger partial charge in [-0.25, -0.2) is 13.2 Å². The van der Waals surface area contributed by atoms with E-state index < -0.39 is 35.1 Å². The highest BCUT2D eigenvalue weighted by Gasteiger charge is 2.39. The van der Waals surface area contributed by atoms with Crippen molar-refractivity contribution in [2.75, 3.05) is 0 Å². The molecule has 3 aromatic carbocycles. The van der Waals surface area contributed by atoms with E-state index in [1.54, 1.807) is 0 Å². The average Bonchev–Trinajstić information content (AvgIpc) is 3.07. The number of hydrogen-bond acceptors (Lipinski definition) is 4. The summed E-state index contributed by atoms with van der Waals surface area (Å²) in [5, 5.41) is 0. The minimum atomic E-state index is -1.60. The minimum absolute atomic E-state index is 0.0387. The molecule has 8 heteroatoms. The highest BCUT2D eigenvalue weighted by molar-refractivity contribution is 9.10. The number of carbonyl (C=O) groups is 2. The van der Waals surface area contributed by atoms with E-state index in [1.807, 2.05) is 24.3 Å². The van der Waals surface area contributed by atoms with Crippen LogP contribution in [0.2, 0.25) is 0 Å². The van der Waals surface area contributed by atoms with E-state index in [1.165, 1.54) is 12.1 Å². The third-order valence-electron chi connectivity index (χ3n) is 5.36. The van der Waals surface area contributed by atoms with Crippen molar-refractivity contribution in [3.63, 3.8) is 0 Å². The summed E-state index contributed by atoms with van der Waals surface area (Å²) in [6.07, 6.45) is 1.18. The Balaban J connectivity index is 1.62. The van der Waals surface area contributed by atoms with Crippen molar-refractivity contribution in [3.05, 3.63) is 98.5 Å². The van der Waals surface area contributed by atoms with Crippen LogP contribution in [0.4, 0.5) is 13.2 Å². The second-order valence-electron chi connectivity index (χ2n) is 7.34. The summed E-state index contributed by atoms with van der Waals surface area (Å²) in [5.41, 5.74) is 1.51. The van der Waals surface area contributed by atoms with Crippen LogP contribution < -0.4 is 9.47 Å². The summed E-state index contributed by atoms with van der Waals surface area (Å²) in [5.74, 6) is -5.40. The topological polar surface area (TPSA) is 52.6 Å². The number of fused-ring (bicyclic) bond motifs is 3. The summed E-state index contributed by atoms with van der Waals surface area (Å²) in [6, 6.07) is 11.9. The van der Waals surface area contributed by atoms with Crippen molar-refractivity contribution in [3.8, 4) is 11.5 Å². The molecule has 2 heterocycles. The predicted octanol–water partition coefficient (Wildman–Crippen LogP) is 5.92. The molecule has 160 valence electrons. The van der Waals surface area contributed by atoms with Gasteiger partial charge in [-0.15, -0.1) is 0 Å². The summed E-state index contributed by atoms with van der Waals surface area (Å²) < 4.78 is 52.4. The van der Waals surface area contributed by atoms with E-state index in [9.17, 15) is 22.8 Å². The van der Waals surface area contributed by atoms with Gasteiger partial charge in [-0.1, -0.05) is 34.1 Å². The lowest BCUT2D eigenvalue weighted by atomic mass is 9.84. The molecule has 32 heavy (non-hydrogen) atoms. The van der Waals surface area contributed by atoms with Gasteiger partial charge in [0.15, 0.2) is 23.2 Å². The van der Waals surface area contributed by atoms with Crippen LogP contribution in [0.25, 0.3) is 6.08 Å². The SMILES string of the molecule is O=C1C[C@@H](c2ccccc2Br)c2c(ccc3c2O/C(=C\c2cc(F)c(F)c(F)c2)C3=O)O1. The molecule has 0 aliphatic carbocycles. The van der Waals surface area contributed by atoms with Gasteiger partial charge in [0.25, 0.3) is 0 Å². The zero-order valence-electron chi connectivity index (χ0n) is 16.1. The van der Waals surface area contributed by atoms with Gasteiger partial charge in [0.05, 0.1) is 12.0 Å². The molecule has 0 fully saturated rings. The van der Waals surface area contributed by atoms with Crippen molar-refractivity contribution in [2.45, 2.75) is 12.3 Å². The second kappa shape index (κ2) is 7.63. The molecular formula is C24H12BrF3O4. The first-order valence-corrected chi connectivity index (χ1v) is 10.3. The van der Waals surface area contributed by atoms with Crippen LogP contribution in [-0.2, 0) is 4.79 Å². The summed E-state index contributed by atoms with van der Waals surface area (Å²) in [6.45, 7) is 0. The monoisotopic (exact) mass is 500 g/mol. The van der Waals surface area contributed by atoms with Crippen molar-refractivity contribution in [1.82, 2.24) is 0 Å². The molecule has 0 spiro atoms. The maximum absolute atomic E-state index is 13.6. The molecule has 0 aromatic heterocycles. The van der Waals surface area contributed by atoms with Crippen molar-refractivity contribution >= 4 is 33.8 Å². The summed E-state index contributed by atoms with van der Waals surface area (Å²) in [7, 11) is 0. The Hall–Kier alpha value is -3.39. The zero-order chi connectivity index (χ0) is 22.6. The molecule has 0 saturated heterocycles. The fourth-order valence-corrected chi connectivity index (χ4v) is 4.50. The van der Waals surface area contributed by atoms with Crippen LogP contribution in [0.5, 0.6) is 11.5 Å². The van der Waals surface area contributed by atoms with E-state index in [0.717, 1.165) is 28.2 Å². The van der Waals surface area contributed by atoms with Gasteiger partial charge in [-0.3, -0.25) is 9.59 Å². The smallest absolute Gasteiger partial charge is 0.312 e. The first-order chi connectivity index (χ1) is 15.3. The van der Waals surface area contributed by atoms with E-state index >= 15 is 0 Å². The Bertz CT molecular complexity index is 1330. The lowest BCUT2D eigenvalue weighted by Crippen LogP contribution is -2.21. The van der Waals surface area contributed by atoms with Crippen molar-refractivity contribution < 1.29 is 32.2 Å². The maximum atomic E-state index is 13.6. The standard InChI is InChI=1S/C24H12BrF3O4/c25-15-4-2-1-3-12(15)14-10-20(29)31-18-6-5-13-23(30)19(32-24(13)21(14)18)9-11-7-16(26)22(28)17(27)8-11/h1-9,14H,10H2/b19-9-/t14-/m0/s1. The highest BCUT2D eigenvalue weighted by atomic mass is 79.9. The first kappa shape index (κ1) is 20.5. The third kappa shape index (κ3) is 3.31. The molecule has 0 unspecified atom stereocenters. The number of esters is 1. The number of carbonyl (C=O) groups excluding carboxylic acids is 2. The van der Waals surface area contributed by atoms with Crippen LogP contribution in [-0.4, -0.2) is 11.8 Å². The zero-order valence-corrected chi connectivity index (χ0v) is 17.7. The average molecular weight is 501 g/mol. The Kier molecular flexibility index (Phi) is 4.89. The predicted molar refractivity (Wildman–Crippen MR) is 112 cm³/mol. The van der Waals surface area contributed by atoms with Gasteiger partial charge in [-0.05, 0) is 47.5 Å². The molecule has 0 bridgehead atoms. The normalized spacial score (nSPS) is 18.2. The molecule has 4 nitrogen and oxygen atoms in total. The van der Waals surface area contributed by atoms with Gasteiger partial charge in [0, 0.05) is 16.0 Å². The van der Waals surface area contributed by atoms with Crippen LogP contribution >= 0.6 is 15.9 Å². The lowest BCUT2D eigenvalue weighted by molar-refractivity contribution is -0.135. The quantitative estimate of drug-likeness (QED) is 0.189. The molecule has 1 atom stereocenters. The number of rotatable bonds is 2. The van der Waals surface area contributed by atoms with Gasteiger partial charge in [-0.2, -0.15) is 0 Å². The maximum Gasteiger partial charge on any atom is 0.312 e. The van der Waals surface area contributed by atoms with Gasteiger partial charge in [0.2, 0.25) is 5.78 Å². The molecule has 0 amide bonds. The number of allylic oxidation sites excluding steroid dienone is 1. The molecule has 0 radical (unpaired) electrons. The van der Waals surface area contributed by atoms with E-state index in [2.05, 4.69) is 15.9 Å². The van der Waals surface area contributed by atoms with Gasteiger partial charge >= 0.3 is 5.97 Å². The molecule has 2 aliphatic heterocycles. The number of hydrogen-bond donors (Lipinski definition) is 0. The Morgan fingerprint density at radius 3 is 2.41 bits per heavy atom. The number of ketones is 1. The summed E-state index contributed by atoms with van der Waals surface area (Å²) in [4.78, 5) is 25.2. The molecule has 2 aliphatic rings. The van der Waals surface area contributed by atoms with Gasteiger partial charge in [0.1, 0.15) is 11.5 Å². The first-order valence-electron chi connectivity index (χ1n) is 9.54. The van der Waals surface area contributed by atoms with Crippen LogP contribution in [0, 0.1) is 17.5 Å². The van der Waals surface area contributed by atoms with Crippen LogP contribution in [0.3, 0.4) is 0 Å². The van der Waals surface area contributed by atoms with Crippen molar-refractivity contribution in [2.24, 2.45) is 0 Å². The van der Waals surface area contributed by atoms with Crippen molar-refractivity contribution in [1.29, 1.82) is 0 Å². The van der Waals surface area contributed by atoms with E-state index in [4.69, 9.17) is 9.47 Å². The molecule has 0 saturated carbocycles. The minimum Gasteiger partial charge on any atom is -0.452 e. The lowest BCUT2D eigenvalue weighted by Gasteiger charge is -2.27. The molecule has 5 rings (SSSR count). The molecule has 3 aromatic rings. The van der Waals surface area contributed by atoms with Crippen LogP contribution in [0.1, 0.15) is 39.4 Å². The Morgan fingerprint density at radius 2 is 1.69 bits per heavy atom. The summed E-state index contributed by atoms with van der Waals surface area (Å²) >= 11 is 3.50. The Labute approximate surface area is 188 Å². The molecule has 0 N–H and O–H groups in total. The number of benzene rings is 3. The van der Waals surface area contributed by atoms with E-state index in [0.29, 0.717) is 5.56 Å².